The van der Waals surface area contributed by atoms with Gasteiger partial charge in [0.2, 0.25) is 0 Å². The molecule has 0 radical (unpaired) electrons. The van der Waals surface area contributed by atoms with E-state index in [1.807, 2.05) is 11.3 Å². The molecule has 82 valence electrons. The Balaban J connectivity index is 2.11. The van der Waals surface area contributed by atoms with Crippen molar-refractivity contribution in [3.8, 4) is 10.6 Å². The van der Waals surface area contributed by atoms with Crippen LogP contribution in [0.5, 0.6) is 0 Å². The smallest absolute Gasteiger partial charge is 0.194 e. The van der Waals surface area contributed by atoms with E-state index in [1.54, 1.807) is 11.3 Å². The Morgan fingerprint density at radius 2 is 2.25 bits per heavy atom. The lowest BCUT2D eigenvalue weighted by atomic mass is 10.3. The van der Waals surface area contributed by atoms with Gasteiger partial charge in [0.15, 0.2) is 4.96 Å². The maximum absolute atomic E-state index is 4.64. The summed E-state index contributed by atoms with van der Waals surface area (Å²) >= 11 is 3.54. The number of nitrogens with zero attached hydrogens (tertiary/aromatic N) is 2. The highest BCUT2D eigenvalue weighted by Crippen LogP contribution is 2.29. The van der Waals surface area contributed by atoms with Crippen LogP contribution in [0.3, 0.4) is 0 Å². The highest BCUT2D eigenvalue weighted by molar-refractivity contribution is 7.16. The summed E-state index contributed by atoms with van der Waals surface area (Å²) in [4.78, 5) is 8.42. The van der Waals surface area contributed by atoms with Gasteiger partial charge in [0.05, 0.1) is 4.88 Å². The molecule has 0 aliphatic carbocycles. The molecule has 0 aromatic carbocycles. The van der Waals surface area contributed by atoms with Crippen LogP contribution in [0, 0.1) is 6.92 Å². The van der Waals surface area contributed by atoms with Gasteiger partial charge in [-0.2, -0.15) is 0 Å². The second-order valence-electron chi connectivity index (χ2n) is 3.78. The molecule has 16 heavy (non-hydrogen) atoms. The van der Waals surface area contributed by atoms with E-state index in [1.165, 1.54) is 15.4 Å². The van der Waals surface area contributed by atoms with Gasteiger partial charge in [-0.3, -0.25) is 4.40 Å². The summed E-state index contributed by atoms with van der Waals surface area (Å²) in [5.41, 5.74) is 2.35. The predicted octanol–water partition coefficient (Wildman–Crippen LogP) is 4.00. The standard InChI is InChI=1S/C12H12N2S2/c1-3-9-4-5-11(16-9)10-6-14-8(2)7-15-12(14)13-10/h4-7H,3H2,1-2H3. The first-order valence-electron chi connectivity index (χ1n) is 5.30. The molecule has 0 aliphatic heterocycles. The average Bonchev–Trinajstić information content (AvgIpc) is 2.95. The fraction of sp³-hybridized carbons (Fsp3) is 0.250. The Bertz CT molecular complexity index is 630. The van der Waals surface area contributed by atoms with Crippen LogP contribution in [-0.2, 0) is 6.42 Å². The molecule has 0 bridgehead atoms. The van der Waals surface area contributed by atoms with Crippen LogP contribution in [0.15, 0.2) is 23.7 Å². The Morgan fingerprint density at radius 1 is 1.38 bits per heavy atom. The van der Waals surface area contributed by atoms with Crippen molar-refractivity contribution in [3.63, 3.8) is 0 Å². The zero-order valence-electron chi connectivity index (χ0n) is 9.23. The molecule has 4 heteroatoms. The topological polar surface area (TPSA) is 17.3 Å². The maximum atomic E-state index is 4.64. The van der Waals surface area contributed by atoms with E-state index in [2.05, 4.69) is 46.9 Å². The molecule has 3 heterocycles. The SMILES string of the molecule is CCc1ccc(-c2cn3c(C)csc3n2)s1. The van der Waals surface area contributed by atoms with Crippen molar-refractivity contribution in [2.45, 2.75) is 20.3 Å². The molecule has 0 unspecified atom stereocenters. The highest BCUT2D eigenvalue weighted by atomic mass is 32.1. The van der Waals surface area contributed by atoms with E-state index in [-0.39, 0.29) is 0 Å². The van der Waals surface area contributed by atoms with Crippen LogP contribution in [0.1, 0.15) is 17.5 Å². The van der Waals surface area contributed by atoms with Crippen LogP contribution in [0.4, 0.5) is 0 Å². The van der Waals surface area contributed by atoms with E-state index in [9.17, 15) is 0 Å². The molecule has 0 amide bonds. The number of rotatable bonds is 2. The van der Waals surface area contributed by atoms with Gasteiger partial charge in [0.1, 0.15) is 5.69 Å². The highest BCUT2D eigenvalue weighted by Gasteiger charge is 2.09. The third kappa shape index (κ3) is 1.49. The van der Waals surface area contributed by atoms with Crippen molar-refractivity contribution in [2.24, 2.45) is 0 Å². The summed E-state index contributed by atoms with van der Waals surface area (Å²) in [6.45, 7) is 4.30. The summed E-state index contributed by atoms with van der Waals surface area (Å²) < 4.78 is 2.16. The molecule has 0 fully saturated rings. The quantitative estimate of drug-likeness (QED) is 0.670. The van der Waals surface area contributed by atoms with Crippen molar-refractivity contribution in [3.05, 3.63) is 34.3 Å². The van der Waals surface area contributed by atoms with Gasteiger partial charge < -0.3 is 0 Å². The zero-order valence-corrected chi connectivity index (χ0v) is 10.9. The molecule has 0 spiro atoms. The average molecular weight is 248 g/mol. The first-order chi connectivity index (χ1) is 7.78. The van der Waals surface area contributed by atoms with E-state index in [0.29, 0.717) is 0 Å². The number of hydrogen-bond donors (Lipinski definition) is 0. The first-order valence-corrected chi connectivity index (χ1v) is 7.00. The molecule has 0 saturated heterocycles. The van der Waals surface area contributed by atoms with Gasteiger partial charge in [0, 0.05) is 22.1 Å². The molecule has 0 saturated carbocycles. The fourth-order valence-electron chi connectivity index (χ4n) is 1.72. The van der Waals surface area contributed by atoms with Crippen LogP contribution >= 0.6 is 22.7 Å². The number of thiophene rings is 1. The number of aryl methyl sites for hydroxylation is 2. The van der Waals surface area contributed by atoms with E-state index < -0.39 is 0 Å². The number of hydrogen-bond acceptors (Lipinski definition) is 3. The van der Waals surface area contributed by atoms with Gasteiger partial charge in [-0.25, -0.2) is 4.98 Å². The number of aromatic nitrogens is 2. The van der Waals surface area contributed by atoms with Crippen molar-refractivity contribution in [2.75, 3.05) is 0 Å². The van der Waals surface area contributed by atoms with Crippen molar-refractivity contribution < 1.29 is 0 Å². The third-order valence-electron chi connectivity index (χ3n) is 2.65. The molecular formula is C12H12N2S2. The summed E-state index contributed by atoms with van der Waals surface area (Å²) in [7, 11) is 0. The predicted molar refractivity (Wildman–Crippen MR) is 70.5 cm³/mol. The van der Waals surface area contributed by atoms with Crippen LogP contribution in [0.2, 0.25) is 0 Å². The number of fused-ring (bicyclic) bond motifs is 1. The van der Waals surface area contributed by atoms with Gasteiger partial charge in [-0.05, 0) is 25.5 Å². The van der Waals surface area contributed by atoms with Gasteiger partial charge >= 0.3 is 0 Å². The van der Waals surface area contributed by atoms with Crippen LogP contribution in [0.25, 0.3) is 15.5 Å². The summed E-state index contributed by atoms with van der Waals surface area (Å²) in [5.74, 6) is 0. The van der Waals surface area contributed by atoms with E-state index >= 15 is 0 Å². The molecule has 3 rings (SSSR count). The lowest BCUT2D eigenvalue weighted by Crippen LogP contribution is -1.77. The Labute approximate surface area is 102 Å². The fourth-order valence-corrected chi connectivity index (χ4v) is 3.47. The Kier molecular flexibility index (Phi) is 2.33. The molecule has 3 aromatic rings. The number of thiazole rings is 1. The molecule has 3 aromatic heterocycles. The monoisotopic (exact) mass is 248 g/mol. The minimum Gasteiger partial charge on any atom is -0.294 e. The van der Waals surface area contributed by atoms with Crippen LogP contribution < -0.4 is 0 Å². The molecule has 0 N–H and O–H groups in total. The lowest BCUT2D eigenvalue weighted by Gasteiger charge is -1.88. The van der Waals surface area contributed by atoms with E-state index in [4.69, 9.17) is 0 Å². The molecule has 2 nitrogen and oxygen atoms in total. The lowest BCUT2D eigenvalue weighted by molar-refractivity contribution is 1.13. The molecule has 0 atom stereocenters. The first kappa shape index (κ1) is 10.1. The van der Waals surface area contributed by atoms with Gasteiger partial charge in [-0.1, -0.05) is 6.92 Å². The van der Waals surface area contributed by atoms with Crippen molar-refractivity contribution >= 4 is 27.6 Å². The summed E-state index contributed by atoms with van der Waals surface area (Å²) in [6, 6.07) is 4.37. The largest absolute Gasteiger partial charge is 0.294 e. The Hall–Kier alpha value is -1.13. The third-order valence-corrected chi connectivity index (χ3v) is 4.86. The van der Waals surface area contributed by atoms with Gasteiger partial charge in [0.25, 0.3) is 0 Å². The normalized spacial score (nSPS) is 11.4. The summed E-state index contributed by atoms with van der Waals surface area (Å²) in [5, 5.41) is 2.14. The van der Waals surface area contributed by atoms with Crippen molar-refractivity contribution in [1.82, 2.24) is 9.38 Å². The maximum Gasteiger partial charge on any atom is 0.194 e. The second kappa shape index (κ2) is 3.71. The minimum absolute atomic E-state index is 1.08. The zero-order chi connectivity index (χ0) is 11.1. The van der Waals surface area contributed by atoms with Crippen LogP contribution in [-0.4, -0.2) is 9.38 Å². The minimum atomic E-state index is 1.08. The second-order valence-corrected chi connectivity index (χ2v) is 5.78. The van der Waals surface area contributed by atoms with Crippen molar-refractivity contribution in [1.29, 1.82) is 0 Å². The summed E-state index contributed by atoms with van der Waals surface area (Å²) in [6.07, 6.45) is 3.23. The number of imidazole rings is 1. The van der Waals surface area contributed by atoms with Gasteiger partial charge in [-0.15, -0.1) is 22.7 Å². The van der Waals surface area contributed by atoms with E-state index in [0.717, 1.165) is 17.1 Å². The molecule has 0 aliphatic rings. The Morgan fingerprint density at radius 3 is 2.94 bits per heavy atom. The molecular weight excluding hydrogens is 236 g/mol.